The first kappa shape index (κ1) is 19.4. The summed E-state index contributed by atoms with van der Waals surface area (Å²) in [6.45, 7) is 3.05. The van der Waals surface area contributed by atoms with Gasteiger partial charge in [0.15, 0.2) is 5.82 Å². The summed E-state index contributed by atoms with van der Waals surface area (Å²) in [5.74, 6) is 2.83. The van der Waals surface area contributed by atoms with Crippen LogP contribution in [0.25, 0.3) is 11.4 Å². The Morgan fingerprint density at radius 2 is 1.62 bits per heavy atom. The number of nitrogens with zero attached hydrogens (tertiary/aromatic N) is 5. The summed E-state index contributed by atoms with van der Waals surface area (Å²) in [6, 6.07) is 16.6. The van der Waals surface area contributed by atoms with Crippen molar-refractivity contribution >= 4 is 11.6 Å². The molecule has 0 aliphatic carbocycles. The fraction of sp³-hybridized carbons (Fsp3) is 0.375. The van der Waals surface area contributed by atoms with Gasteiger partial charge in [0.2, 0.25) is 0 Å². The Morgan fingerprint density at radius 3 is 2.34 bits per heavy atom. The smallest absolute Gasteiger partial charge is 0.163 e. The summed E-state index contributed by atoms with van der Waals surface area (Å²) < 4.78 is 0. The van der Waals surface area contributed by atoms with E-state index < -0.39 is 0 Å². The van der Waals surface area contributed by atoms with Crippen LogP contribution in [0, 0.1) is 0 Å². The van der Waals surface area contributed by atoms with Crippen LogP contribution in [-0.2, 0) is 6.42 Å². The van der Waals surface area contributed by atoms with E-state index in [0.29, 0.717) is 0 Å². The Hall–Kier alpha value is -2.95. The van der Waals surface area contributed by atoms with Gasteiger partial charge in [-0.25, -0.2) is 9.97 Å². The van der Waals surface area contributed by atoms with E-state index in [-0.39, 0.29) is 0 Å². The molecule has 0 N–H and O–H groups in total. The molecule has 1 fully saturated rings. The quantitative estimate of drug-likeness (QED) is 0.619. The molecule has 5 nitrogen and oxygen atoms in total. The third kappa shape index (κ3) is 5.11. The van der Waals surface area contributed by atoms with Crippen molar-refractivity contribution in [3.63, 3.8) is 0 Å². The van der Waals surface area contributed by atoms with E-state index in [1.807, 2.05) is 30.6 Å². The van der Waals surface area contributed by atoms with Gasteiger partial charge in [-0.1, -0.05) is 43.2 Å². The molecule has 0 unspecified atom stereocenters. The maximum absolute atomic E-state index is 4.95. The lowest BCUT2D eigenvalue weighted by Gasteiger charge is -2.25. The lowest BCUT2D eigenvalue weighted by atomic mass is 10.2. The van der Waals surface area contributed by atoms with Gasteiger partial charge in [0.05, 0.1) is 0 Å². The van der Waals surface area contributed by atoms with Gasteiger partial charge < -0.3 is 9.80 Å². The van der Waals surface area contributed by atoms with Gasteiger partial charge in [0, 0.05) is 50.7 Å². The van der Waals surface area contributed by atoms with Gasteiger partial charge in [0.25, 0.3) is 0 Å². The number of hydrogen-bond donors (Lipinski definition) is 0. The molecular formula is C24H29N5. The summed E-state index contributed by atoms with van der Waals surface area (Å²) in [5, 5.41) is 0. The Morgan fingerprint density at radius 1 is 0.897 bits per heavy atom. The van der Waals surface area contributed by atoms with Crippen molar-refractivity contribution in [1.82, 2.24) is 15.0 Å². The van der Waals surface area contributed by atoms with Gasteiger partial charge in [0.1, 0.15) is 11.6 Å². The third-order valence-corrected chi connectivity index (χ3v) is 5.54. The van der Waals surface area contributed by atoms with Crippen LogP contribution in [0.5, 0.6) is 0 Å². The Balaban J connectivity index is 1.61. The van der Waals surface area contributed by atoms with E-state index in [4.69, 9.17) is 9.97 Å². The minimum Gasteiger partial charge on any atom is -0.359 e. The van der Waals surface area contributed by atoms with Crippen molar-refractivity contribution in [2.75, 3.05) is 36.5 Å². The van der Waals surface area contributed by atoms with Gasteiger partial charge >= 0.3 is 0 Å². The molecule has 2 aromatic heterocycles. The van der Waals surface area contributed by atoms with Crippen LogP contribution in [0.4, 0.5) is 11.6 Å². The van der Waals surface area contributed by atoms with Crippen molar-refractivity contribution in [3.05, 3.63) is 66.5 Å². The molecule has 150 valence electrons. The first-order chi connectivity index (χ1) is 14.3. The summed E-state index contributed by atoms with van der Waals surface area (Å²) in [6.07, 6.45) is 9.76. The van der Waals surface area contributed by atoms with Crippen LogP contribution in [-0.4, -0.2) is 41.6 Å². The molecule has 0 spiro atoms. The minimum atomic E-state index is 0.804. The molecule has 0 atom stereocenters. The highest BCUT2D eigenvalue weighted by Gasteiger charge is 2.16. The van der Waals surface area contributed by atoms with Crippen LogP contribution >= 0.6 is 0 Å². The fourth-order valence-corrected chi connectivity index (χ4v) is 3.76. The van der Waals surface area contributed by atoms with Gasteiger partial charge in [-0.05, 0) is 37.0 Å². The van der Waals surface area contributed by atoms with E-state index >= 15 is 0 Å². The highest BCUT2D eigenvalue weighted by atomic mass is 15.2. The van der Waals surface area contributed by atoms with E-state index in [1.54, 1.807) is 0 Å². The lowest BCUT2D eigenvalue weighted by molar-refractivity contribution is 0.726. The number of pyridine rings is 1. The highest BCUT2D eigenvalue weighted by molar-refractivity contribution is 5.62. The van der Waals surface area contributed by atoms with Crippen molar-refractivity contribution in [3.8, 4) is 11.4 Å². The monoisotopic (exact) mass is 387 g/mol. The molecule has 1 aliphatic heterocycles. The second kappa shape index (κ2) is 9.50. The molecule has 29 heavy (non-hydrogen) atoms. The van der Waals surface area contributed by atoms with E-state index in [2.05, 4.69) is 52.2 Å². The fourth-order valence-electron chi connectivity index (χ4n) is 3.76. The first-order valence-electron chi connectivity index (χ1n) is 10.6. The largest absolute Gasteiger partial charge is 0.359 e. The van der Waals surface area contributed by atoms with E-state index in [9.17, 15) is 0 Å². The zero-order valence-corrected chi connectivity index (χ0v) is 17.2. The molecule has 3 aromatic rings. The molecule has 0 amide bonds. The Bertz CT molecular complexity index is 890. The number of rotatable bonds is 6. The Labute approximate surface area is 173 Å². The van der Waals surface area contributed by atoms with Crippen LogP contribution in [0.2, 0.25) is 0 Å². The summed E-state index contributed by atoms with van der Waals surface area (Å²) in [5.41, 5.74) is 2.35. The van der Waals surface area contributed by atoms with Crippen LogP contribution in [0.1, 0.15) is 31.2 Å². The lowest BCUT2D eigenvalue weighted by Crippen LogP contribution is -2.27. The maximum Gasteiger partial charge on any atom is 0.163 e. The van der Waals surface area contributed by atoms with Crippen molar-refractivity contribution in [1.29, 1.82) is 0 Å². The first-order valence-corrected chi connectivity index (χ1v) is 10.6. The predicted molar refractivity (Wildman–Crippen MR) is 119 cm³/mol. The number of likely N-dealkylation sites (N-methyl/N-ethyl adjacent to an activating group) is 1. The number of hydrogen-bond acceptors (Lipinski definition) is 5. The van der Waals surface area contributed by atoms with E-state index in [1.165, 1.54) is 31.2 Å². The van der Waals surface area contributed by atoms with Gasteiger partial charge in [-0.15, -0.1) is 0 Å². The molecule has 0 radical (unpaired) electrons. The topological polar surface area (TPSA) is 45.2 Å². The van der Waals surface area contributed by atoms with Crippen molar-refractivity contribution in [2.24, 2.45) is 0 Å². The highest BCUT2D eigenvalue weighted by Crippen LogP contribution is 2.26. The number of aromatic nitrogens is 3. The molecule has 5 heteroatoms. The molecule has 0 saturated carbocycles. The average Bonchev–Trinajstić information content (AvgIpc) is 3.08. The molecular weight excluding hydrogens is 358 g/mol. The zero-order valence-electron chi connectivity index (χ0n) is 17.2. The standard InChI is InChI=1S/C24H29N5/c1-28(18-13-20-11-14-25-15-12-20)22-19-23(29-16-7-2-3-8-17-29)27-24(26-22)21-9-5-4-6-10-21/h4-6,9-12,14-15,19H,2-3,7-8,13,16-18H2,1H3. The van der Waals surface area contributed by atoms with Crippen LogP contribution in [0.15, 0.2) is 60.9 Å². The molecule has 4 rings (SSSR count). The van der Waals surface area contributed by atoms with Gasteiger partial charge in [-0.2, -0.15) is 0 Å². The summed E-state index contributed by atoms with van der Waals surface area (Å²) in [4.78, 5) is 18.6. The van der Waals surface area contributed by atoms with Gasteiger partial charge in [-0.3, -0.25) is 4.98 Å². The average molecular weight is 388 g/mol. The second-order valence-electron chi connectivity index (χ2n) is 7.70. The number of anilines is 2. The molecule has 1 aromatic carbocycles. The van der Waals surface area contributed by atoms with Crippen LogP contribution in [0.3, 0.4) is 0 Å². The zero-order chi connectivity index (χ0) is 19.9. The van der Waals surface area contributed by atoms with E-state index in [0.717, 1.165) is 49.1 Å². The summed E-state index contributed by atoms with van der Waals surface area (Å²) >= 11 is 0. The molecule has 1 saturated heterocycles. The molecule has 3 heterocycles. The SMILES string of the molecule is CN(CCc1ccncc1)c1cc(N2CCCCCC2)nc(-c2ccccc2)n1. The molecule has 0 bridgehead atoms. The third-order valence-electron chi connectivity index (χ3n) is 5.54. The minimum absolute atomic E-state index is 0.804. The Kier molecular flexibility index (Phi) is 6.35. The maximum atomic E-state index is 4.95. The van der Waals surface area contributed by atoms with Crippen LogP contribution < -0.4 is 9.80 Å². The number of benzene rings is 1. The normalized spacial score (nSPS) is 14.4. The molecule has 1 aliphatic rings. The predicted octanol–water partition coefficient (Wildman–Crippen LogP) is 4.60. The van der Waals surface area contributed by atoms with Crippen molar-refractivity contribution in [2.45, 2.75) is 32.1 Å². The summed E-state index contributed by atoms with van der Waals surface area (Å²) in [7, 11) is 2.12. The van der Waals surface area contributed by atoms with Crippen molar-refractivity contribution < 1.29 is 0 Å². The second-order valence-corrected chi connectivity index (χ2v) is 7.70.